The van der Waals surface area contributed by atoms with Crippen LogP contribution in [0, 0.1) is 11.8 Å². The number of ether oxygens (including phenoxy) is 1. The molecule has 5 heteroatoms. The predicted octanol–water partition coefficient (Wildman–Crippen LogP) is 1.57. The molecule has 1 heterocycles. The van der Waals surface area contributed by atoms with Crippen LogP contribution in [-0.2, 0) is 9.59 Å². The molecule has 2 fully saturated rings. The van der Waals surface area contributed by atoms with E-state index in [9.17, 15) is 9.59 Å². The molecular formula is C14H16N2O3. The van der Waals surface area contributed by atoms with Crippen LogP contribution in [0.5, 0.6) is 5.75 Å². The predicted molar refractivity (Wildman–Crippen MR) is 70.7 cm³/mol. The van der Waals surface area contributed by atoms with Crippen LogP contribution >= 0.6 is 0 Å². The molecule has 2 atom stereocenters. The number of nitrogens with zero attached hydrogens (tertiary/aromatic N) is 1. The lowest BCUT2D eigenvalue weighted by Crippen LogP contribution is -2.31. The minimum atomic E-state index is -0.129. The Bertz CT molecular complexity index is 534. The maximum atomic E-state index is 12.3. The minimum Gasteiger partial charge on any atom is -0.495 e. The highest BCUT2D eigenvalue weighted by molar-refractivity contribution is 6.22. The van der Waals surface area contributed by atoms with E-state index in [-0.39, 0.29) is 23.7 Å². The number of hydrogen-bond acceptors (Lipinski definition) is 4. The first-order valence-corrected chi connectivity index (χ1v) is 6.45. The van der Waals surface area contributed by atoms with Crippen molar-refractivity contribution in [2.45, 2.75) is 19.3 Å². The Labute approximate surface area is 111 Å². The van der Waals surface area contributed by atoms with Crippen molar-refractivity contribution in [2.75, 3.05) is 17.7 Å². The summed E-state index contributed by atoms with van der Waals surface area (Å²) in [6, 6.07) is 4.99. The largest absolute Gasteiger partial charge is 0.495 e. The van der Waals surface area contributed by atoms with Gasteiger partial charge in [-0.15, -0.1) is 0 Å². The molecule has 0 aromatic heterocycles. The highest BCUT2D eigenvalue weighted by Crippen LogP contribution is 2.42. The van der Waals surface area contributed by atoms with Crippen LogP contribution in [0.25, 0.3) is 0 Å². The van der Waals surface area contributed by atoms with Crippen molar-refractivity contribution in [1.29, 1.82) is 0 Å². The second kappa shape index (κ2) is 4.26. The molecule has 1 aliphatic heterocycles. The smallest absolute Gasteiger partial charge is 0.237 e. The third kappa shape index (κ3) is 1.69. The van der Waals surface area contributed by atoms with Gasteiger partial charge < -0.3 is 10.5 Å². The van der Waals surface area contributed by atoms with Crippen LogP contribution in [0.15, 0.2) is 18.2 Å². The molecule has 0 radical (unpaired) electrons. The molecule has 2 N–H and O–H groups in total. The van der Waals surface area contributed by atoms with Crippen LogP contribution in [0.1, 0.15) is 19.3 Å². The Morgan fingerprint density at radius 2 is 1.84 bits per heavy atom. The number of carbonyl (C=O) groups excluding carboxylic acids is 2. The first-order chi connectivity index (χ1) is 9.13. The number of fused-ring (bicyclic) bond motifs is 1. The molecule has 1 aliphatic carbocycles. The number of carbonyl (C=O) groups is 2. The number of nitrogen functional groups attached to an aromatic ring is 1. The van der Waals surface area contributed by atoms with Gasteiger partial charge in [-0.1, -0.05) is 6.42 Å². The van der Waals surface area contributed by atoms with Crippen LogP contribution in [0.2, 0.25) is 0 Å². The van der Waals surface area contributed by atoms with Crippen molar-refractivity contribution in [1.82, 2.24) is 0 Å². The molecule has 2 amide bonds. The Kier molecular flexibility index (Phi) is 2.69. The molecule has 3 rings (SSSR count). The molecule has 100 valence electrons. The molecule has 2 aliphatic rings. The summed E-state index contributed by atoms with van der Waals surface area (Å²) in [6.07, 6.45) is 2.60. The average molecular weight is 260 g/mol. The number of imide groups is 1. The SMILES string of the molecule is COc1cc(N2C(=O)C3CCCC3C2=O)ccc1N. The fourth-order valence-corrected chi connectivity index (χ4v) is 3.08. The monoisotopic (exact) mass is 260 g/mol. The van der Waals surface area contributed by atoms with Gasteiger partial charge in [0.25, 0.3) is 0 Å². The van der Waals surface area contributed by atoms with Gasteiger partial charge in [-0.05, 0) is 25.0 Å². The topological polar surface area (TPSA) is 72.6 Å². The molecule has 1 saturated heterocycles. The minimum absolute atomic E-state index is 0.0840. The third-order valence-corrected chi connectivity index (χ3v) is 4.07. The quantitative estimate of drug-likeness (QED) is 0.647. The average Bonchev–Trinajstić information content (AvgIpc) is 2.96. The van der Waals surface area contributed by atoms with E-state index in [1.54, 1.807) is 18.2 Å². The van der Waals surface area contributed by atoms with E-state index in [2.05, 4.69) is 0 Å². The third-order valence-electron chi connectivity index (χ3n) is 4.07. The van der Waals surface area contributed by atoms with Gasteiger partial charge in [-0.25, -0.2) is 4.90 Å². The highest BCUT2D eigenvalue weighted by atomic mass is 16.5. The maximum Gasteiger partial charge on any atom is 0.237 e. The van der Waals surface area contributed by atoms with Gasteiger partial charge in [0.15, 0.2) is 0 Å². The normalized spacial score (nSPS) is 25.8. The molecule has 1 aromatic rings. The summed E-state index contributed by atoms with van der Waals surface area (Å²) in [5.74, 6) is 0.0564. The summed E-state index contributed by atoms with van der Waals surface area (Å²) in [7, 11) is 1.51. The van der Waals surface area contributed by atoms with Gasteiger partial charge in [-0.2, -0.15) is 0 Å². The summed E-state index contributed by atoms with van der Waals surface area (Å²) in [6.45, 7) is 0. The number of benzene rings is 1. The highest BCUT2D eigenvalue weighted by Gasteiger charge is 2.50. The molecular weight excluding hydrogens is 244 g/mol. The summed E-state index contributed by atoms with van der Waals surface area (Å²) < 4.78 is 5.14. The van der Waals surface area contributed by atoms with Crippen molar-refractivity contribution in [3.05, 3.63) is 18.2 Å². The van der Waals surface area contributed by atoms with E-state index >= 15 is 0 Å². The summed E-state index contributed by atoms with van der Waals surface area (Å²) in [5.41, 5.74) is 6.79. The number of rotatable bonds is 2. The molecule has 2 unspecified atom stereocenters. The Morgan fingerprint density at radius 1 is 1.21 bits per heavy atom. The lowest BCUT2D eigenvalue weighted by atomic mass is 10.00. The van der Waals surface area contributed by atoms with Crippen LogP contribution in [-0.4, -0.2) is 18.9 Å². The number of methoxy groups -OCH3 is 1. The Hall–Kier alpha value is -2.04. The molecule has 1 saturated carbocycles. The van der Waals surface area contributed by atoms with Gasteiger partial charge in [0.2, 0.25) is 11.8 Å². The van der Waals surface area contributed by atoms with Crippen molar-refractivity contribution in [3.8, 4) is 5.75 Å². The maximum absolute atomic E-state index is 12.3. The molecule has 0 spiro atoms. The molecule has 19 heavy (non-hydrogen) atoms. The van der Waals surface area contributed by atoms with Crippen molar-refractivity contribution in [3.63, 3.8) is 0 Å². The van der Waals surface area contributed by atoms with Crippen molar-refractivity contribution < 1.29 is 14.3 Å². The number of anilines is 2. The van der Waals surface area contributed by atoms with E-state index in [0.29, 0.717) is 17.1 Å². The Balaban J connectivity index is 1.98. The summed E-state index contributed by atoms with van der Waals surface area (Å²) in [5, 5.41) is 0. The molecule has 0 bridgehead atoms. The fourth-order valence-electron chi connectivity index (χ4n) is 3.08. The Morgan fingerprint density at radius 3 is 2.42 bits per heavy atom. The first kappa shape index (κ1) is 12.0. The van der Waals surface area contributed by atoms with E-state index in [1.165, 1.54) is 12.0 Å². The fraction of sp³-hybridized carbons (Fsp3) is 0.429. The molecule has 1 aromatic carbocycles. The second-order valence-electron chi connectivity index (χ2n) is 5.08. The van der Waals surface area contributed by atoms with Crippen LogP contribution < -0.4 is 15.4 Å². The molecule has 5 nitrogen and oxygen atoms in total. The number of nitrogens with two attached hydrogens (primary N) is 1. The van der Waals surface area contributed by atoms with Gasteiger partial charge in [0.1, 0.15) is 5.75 Å². The number of hydrogen-bond donors (Lipinski definition) is 1. The first-order valence-electron chi connectivity index (χ1n) is 6.45. The standard InChI is InChI=1S/C14H16N2O3/c1-19-12-7-8(5-6-11(12)15)16-13(17)9-3-2-4-10(9)14(16)18/h5-7,9-10H,2-4,15H2,1H3. The van der Waals surface area contributed by atoms with E-state index in [0.717, 1.165) is 19.3 Å². The summed E-state index contributed by atoms with van der Waals surface area (Å²) >= 11 is 0. The van der Waals surface area contributed by atoms with Gasteiger partial charge in [0.05, 0.1) is 30.3 Å². The van der Waals surface area contributed by atoms with Gasteiger partial charge in [0, 0.05) is 6.07 Å². The van der Waals surface area contributed by atoms with E-state index in [4.69, 9.17) is 10.5 Å². The van der Waals surface area contributed by atoms with Gasteiger partial charge in [-0.3, -0.25) is 9.59 Å². The number of amides is 2. The van der Waals surface area contributed by atoms with E-state index in [1.807, 2.05) is 0 Å². The van der Waals surface area contributed by atoms with E-state index < -0.39 is 0 Å². The lowest BCUT2D eigenvalue weighted by molar-refractivity contribution is -0.122. The summed E-state index contributed by atoms with van der Waals surface area (Å²) in [4.78, 5) is 25.9. The van der Waals surface area contributed by atoms with Crippen molar-refractivity contribution in [2.24, 2.45) is 11.8 Å². The zero-order valence-corrected chi connectivity index (χ0v) is 10.8. The second-order valence-corrected chi connectivity index (χ2v) is 5.08. The van der Waals surface area contributed by atoms with Crippen LogP contribution in [0.3, 0.4) is 0 Å². The zero-order valence-electron chi connectivity index (χ0n) is 10.8. The zero-order chi connectivity index (χ0) is 13.6. The van der Waals surface area contributed by atoms with Crippen molar-refractivity contribution >= 4 is 23.2 Å². The van der Waals surface area contributed by atoms with Gasteiger partial charge >= 0.3 is 0 Å². The van der Waals surface area contributed by atoms with Crippen LogP contribution in [0.4, 0.5) is 11.4 Å². The lowest BCUT2D eigenvalue weighted by Gasteiger charge is -2.17.